The monoisotopic (exact) mass is 403 g/mol. The van der Waals surface area contributed by atoms with Gasteiger partial charge in [0, 0.05) is 30.4 Å². The summed E-state index contributed by atoms with van der Waals surface area (Å²) in [5.74, 6) is 0.141. The topological polar surface area (TPSA) is 94.1 Å². The van der Waals surface area contributed by atoms with E-state index in [-0.39, 0.29) is 11.8 Å². The van der Waals surface area contributed by atoms with Crippen molar-refractivity contribution in [1.29, 1.82) is 0 Å². The van der Waals surface area contributed by atoms with Crippen molar-refractivity contribution in [1.82, 2.24) is 19.7 Å². The van der Waals surface area contributed by atoms with Crippen molar-refractivity contribution in [2.75, 3.05) is 12.3 Å². The fourth-order valence-electron chi connectivity index (χ4n) is 4.83. The number of aromatic nitrogens is 3. The molecule has 0 radical (unpaired) electrons. The normalized spacial score (nSPS) is 15.7. The number of rotatable bonds is 5. The van der Waals surface area contributed by atoms with E-state index in [1.807, 2.05) is 11.7 Å². The van der Waals surface area contributed by atoms with Gasteiger partial charge in [-0.2, -0.15) is 5.10 Å². The highest BCUT2D eigenvalue weighted by Crippen LogP contribution is 2.33. The average Bonchev–Trinajstić information content (AvgIpc) is 3.21. The van der Waals surface area contributed by atoms with Gasteiger partial charge in [0.05, 0.1) is 11.1 Å². The van der Waals surface area contributed by atoms with E-state index in [4.69, 9.17) is 5.73 Å². The predicted octanol–water partition coefficient (Wildman–Crippen LogP) is 3.05. The minimum Gasteiger partial charge on any atom is -0.382 e. The van der Waals surface area contributed by atoms with Crippen LogP contribution in [0.4, 0.5) is 5.82 Å². The molecular formula is C23H25N5O2. The largest absolute Gasteiger partial charge is 0.382 e. The fraction of sp³-hybridized carbons (Fsp3) is 0.391. The Balaban J connectivity index is 1.32. The zero-order chi connectivity index (χ0) is 20.8. The Morgan fingerprint density at radius 1 is 1.03 bits per heavy atom. The first-order chi connectivity index (χ1) is 14.6. The Morgan fingerprint density at radius 2 is 1.73 bits per heavy atom. The van der Waals surface area contributed by atoms with Crippen molar-refractivity contribution in [3.05, 3.63) is 52.3 Å². The summed E-state index contributed by atoms with van der Waals surface area (Å²) in [7, 11) is 1.95. The van der Waals surface area contributed by atoms with Crippen LogP contribution in [0.5, 0.6) is 0 Å². The number of hydrogen-bond donors (Lipinski definition) is 1. The van der Waals surface area contributed by atoms with Crippen LogP contribution in [0.25, 0.3) is 10.9 Å². The number of nitrogens with zero attached hydrogens (tertiary/aromatic N) is 4. The molecule has 1 aliphatic heterocycles. The number of pyridine rings is 1. The fourth-order valence-corrected chi connectivity index (χ4v) is 4.83. The van der Waals surface area contributed by atoms with Gasteiger partial charge in [-0.15, -0.1) is 0 Å². The number of nitrogen functional groups attached to an aromatic ring is 1. The Morgan fingerprint density at radius 3 is 2.47 bits per heavy atom. The lowest BCUT2D eigenvalue weighted by Gasteiger charge is -2.17. The molecule has 7 heteroatoms. The Labute approximate surface area is 174 Å². The van der Waals surface area contributed by atoms with Crippen LogP contribution in [-0.2, 0) is 26.3 Å². The number of imide groups is 1. The summed E-state index contributed by atoms with van der Waals surface area (Å²) in [4.78, 5) is 31.0. The quantitative estimate of drug-likeness (QED) is 0.522. The third-order valence-corrected chi connectivity index (χ3v) is 6.33. The van der Waals surface area contributed by atoms with Crippen molar-refractivity contribution in [2.24, 2.45) is 7.05 Å². The van der Waals surface area contributed by atoms with Gasteiger partial charge in [-0.05, 0) is 62.6 Å². The molecule has 0 bridgehead atoms. The molecule has 0 unspecified atom stereocenters. The Kier molecular flexibility index (Phi) is 4.53. The molecular weight excluding hydrogens is 378 g/mol. The number of amides is 2. The van der Waals surface area contributed by atoms with E-state index in [2.05, 4.69) is 10.1 Å². The van der Waals surface area contributed by atoms with E-state index in [0.29, 0.717) is 23.5 Å². The van der Waals surface area contributed by atoms with Crippen LogP contribution in [0.15, 0.2) is 24.3 Å². The summed E-state index contributed by atoms with van der Waals surface area (Å²) in [5, 5.41) is 5.81. The lowest BCUT2D eigenvalue weighted by molar-refractivity contribution is 0.0651. The van der Waals surface area contributed by atoms with Gasteiger partial charge in [0.1, 0.15) is 5.52 Å². The molecule has 0 saturated carbocycles. The highest BCUT2D eigenvalue weighted by molar-refractivity contribution is 6.21. The first-order valence-electron chi connectivity index (χ1n) is 10.6. The van der Waals surface area contributed by atoms with Crippen LogP contribution in [0.1, 0.15) is 63.4 Å². The zero-order valence-corrected chi connectivity index (χ0v) is 17.1. The number of carbonyl (C=O) groups excluding carboxylic acids is 2. The molecule has 2 aliphatic rings. The maximum atomic E-state index is 12.5. The van der Waals surface area contributed by atoms with Crippen molar-refractivity contribution in [3.63, 3.8) is 0 Å². The van der Waals surface area contributed by atoms with Crippen molar-refractivity contribution < 1.29 is 9.59 Å². The first-order valence-corrected chi connectivity index (χ1v) is 10.6. The second kappa shape index (κ2) is 7.23. The SMILES string of the molecule is Cn1nc2c(N)nc3c(c2c1CCCCN1C(=O)c2ccccc2C1=O)CCCC3. The van der Waals surface area contributed by atoms with E-state index in [9.17, 15) is 9.59 Å². The third kappa shape index (κ3) is 2.88. The minimum atomic E-state index is -0.186. The smallest absolute Gasteiger partial charge is 0.261 e. The van der Waals surface area contributed by atoms with Gasteiger partial charge in [0.25, 0.3) is 11.8 Å². The average molecular weight is 403 g/mol. The van der Waals surface area contributed by atoms with Gasteiger partial charge in [-0.25, -0.2) is 4.98 Å². The number of aryl methyl sites for hydroxylation is 4. The molecule has 3 heterocycles. The maximum Gasteiger partial charge on any atom is 0.261 e. The third-order valence-electron chi connectivity index (χ3n) is 6.33. The summed E-state index contributed by atoms with van der Waals surface area (Å²) in [6, 6.07) is 7.03. The van der Waals surface area contributed by atoms with Crippen molar-refractivity contribution in [3.8, 4) is 0 Å². The summed E-state index contributed by atoms with van der Waals surface area (Å²) < 4.78 is 1.92. The number of nitrogens with two attached hydrogens (primary N) is 1. The standard InChI is InChI=1S/C23H25N5O2/c1-27-18(19-16-10-4-5-11-17(16)25-21(24)20(19)26-27)12-6-7-13-28-22(29)14-8-2-3-9-15(14)23(28)30/h2-3,8-9H,4-7,10-13H2,1H3,(H2,24,25). The molecule has 2 N–H and O–H groups in total. The molecule has 1 aliphatic carbocycles. The maximum absolute atomic E-state index is 12.5. The summed E-state index contributed by atoms with van der Waals surface area (Å²) in [6.07, 6.45) is 6.75. The number of anilines is 1. The molecule has 5 rings (SSSR count). The summed E-state index contributed by atoms with van der Waals surface area (Å²) in [5.41, 5.74) is 11.6. The highest BCUT2D eigenvalue weighted by Gasteiger charge is 2.34. The lowest BCUT2D eigenvalue weighted by atomic mass is 9.92. The van der Waals surface area contributed by atoms with Crippen LogP contribution in [-0.4, -0.2) is 38.0 Å². The molecule has 0 atom stereocenters. The van der Waals surface area contributed by atoms with Gasteiger partial charge < -0.3 is 5.73 Å². The molecule has 30 heavy (non-hydrogen) atoms. The van der Waals surface area contributed by atoms with Gasteiger partial charge in [0.2, 0.25) is 0 Å². The van der Waals surface area contributed by atoms with Crippen LogP contribution in [0.2, 0.25) is 0 Å². The van der Waals surface area contributed by atoms with Gasteiger partial charge in [-0.3, -0.25) is 19.2 Å². The van der Waals surface area contributed by atoms with Gasteiger partial charge >= 0.3 is 0 Å². The molecule has 3 aromatic rings. The minimum absolute atomic E-state index is 0.186. The summed E-state index contributed by atoms with van der Waals surface area (Å²) >= 11 is 0. The predicted molar refractivity (Wildman–Crippen MR) is 114 cm³/mol. The van der Waals surface area contributed by atoms with E-state index >= 15 is 0 Å². The zero-order valence-electron chi connectivity index (χ0n) is 17.1. The lowest BCUT2D eigenvalue weighted by Crippen LogP contribution is -2.30. The second-order valence-electron chi connectivity index (χ2n) is 8.19. The van der Waals surface area contributed by atoms with Gasteiger partial charge in [-0.1, -0.05) is 12.1 Å². The Hall–Kier alpha value is -3.22. The molecule has 1 aromatic carbocycles. The van der Waals surface area contributed by atoms with Crippen LogP contribution in [0, 0.1) is 0 Å². The number of benzene rings is 1. The molecule has 0 fully saturated rings. The molecule has 2 aromatic heterocycles. The molecule has 7 nitrogen and oxygen atoms in total. The number of fused-ring (bicyclic) bond motifs is 4. The van der Waals surface area contributed by atoms with Gasteiger partial charge in [0.15, 0.2) is 5.82 Å². The number of hydrogen-bond acceptors (Lipinski definition) is 5. The van der Waals surface area contributed by atoms with E-state index in [1.165, 1.54) is 28.0 Å². The van der Waals surface area contributed by atoms with E-state index < -0.39 is 0 Å². The number of unbranched alkanes of at least 4 members (excludes halogenated alkanes) is 1. The molecule has 0 saturated heterocycles. The second-order valence-corrected chi connectivity index (χ2v) is 8.19. The van der Waals surface area contributed by atoms with Crippen LogP contribution < -0.4 is 5.73 Å². The van der Waals surface area contributed by atoms with Crippen LogP contribution in [0.3, 0.4) is 0 Å². The molecule has 0 spiro atoms. The highest BCUT2D eigenvalue weighted by atomic mass is 16.2. The van der Waals surface area contributed by atoms with E-state index in [1.54, 1.807) is 24.3 Å². The summed E-state index contributed by atoms with van der Waals surface area (Å²) in [6.45, 7) is 0.434. The van der Waals surface area contributed by atoms with Crippen molar-refractivity contribution >= 4 is 28.5 Å². The van der Waals surface area contributed by atoms with Crippen molar-refractivity contribution in [2.45, 2.75) is 44.9 Å². The van der Waals surface area contributed by atoms with Crippen LogP contribution >= 0.6 is 0 Å². The Bertz CT molecular complexity index is 1150. The van der Waals surface area contributed by atoms with E-state index in [0.717, 1.165) is 49.7 Å². The molecule has 154 valence electrons. The number of carbonyl (C=O) groups is 2. The first kappa shape index (κ1) is 18.8. The molecule has 2 amide bonds.